The van der Waals surface area contributed by atoms with Crippen LogP contribution in [0.1, 0.15) is 92.4 Å². The molecule has 0 radical (unpaired) electrons. The van der Waals surface area contributed by atoms with Crippen molar-refractivity contribution in [2.75, 3.05) is 13.6 Å². The molecule has 0 atom stereocenters. The Labute approximate surface area is 140 Å². The van der Waals surface area contributed by atoms with Gasteiger partial charge in [0.05, 0.1) is 0 Å². The molecule has 0 heterocycles. The lowest BCUT2D eigenvalue weighted by atomic mass is 9.53. The van der Waals surface area contributed by atoms with Crippen molar-refractivity contribution in [3.63, 3.8) is 0 Å². The average molecular weight is 308 g/mol. The van der Waals surface area contributed by atoms with Crippen molar-refractivity contribution >= 4 is 0 Å². The zero-order chi connectivity index (χ0) is 16.4. The van der Waals surface area contributed by atoms with E-state index in [2.05, 4.69) is 46.6 Å². The summed E-state index contributed by atoms with van der Waals surface area (Å²) in [6.07, 6.45) is 13.2. The van der Waals surface area contributed by atoms with E-state index >= 15 is 0 Å². The Morgan fingerprint density at radius 1 is 1.09 bits per heavy atom. The lowest BCUT2D eigenvalue weighted by Gasteiger charge is -2.54. The van der Waals surface area contributed by atoms with Crippen LogP contribution in [0, 0.1) is 22.7 Å². The Kier molecular flexibility index (Phi) is 6.02. The van der Waals surface area contributed by atoms with Crippen LogP contribution in [-0.2, 0) is 0 Å². The molecule has 2 aliphatic rings. The molecule has 1 nitrogen and oxygen atoms in total. The summed E-state index contributed by atoms with van der Waals surface area (Å²) >= 11 is 0. The highest BCUT2D eigenvalue weighted by molar-refractivity contribution is 4.98. The van der Waals surface area contributed by atoms with Crippen molar-refractivity contribution < 1.29 is 0 Å². The van der Waals surface area contributed by atoms with E-state index in [0.717, 1.165) is 23.3 Å². The van der Waals surface area contributed by atoms with Gasteiger partial charge < -0.3 is 4.90 Å². The largest absolute Gasteiger partial charge is 0.303 e. The monoisotopic (exact) mass is 307 g/mol. The average Bonchev–Trinajstić information content (AvgIpc) is 2.35. The van der Waals surface area contributed by atoms with Gasteiger partial charge in [-0.05, 0) is 94.0 Å². The van der Waals surface area contributed by atoms with Gasteiger partial charge in [0, 0.05) is 6.04 Å². The van der Waals surface area contributed by atoms with Gasteiger partial charge in [0.15, 0.2) is 0 Å². The first-order valence-electron chi connectivity index (χ1n) is 9.89. The third kappa shape index (κ3) is 5.25. The molecule has 0 saturated heterocycles. The standard InChI is InChI=1S/C21H41N/c1-17(2)8-7-13-22(6)19-9-11-21(12-10-19)15-18(16-21)14-20(3,4)5/h17-19H,7-16H2,1-6H3. The Hall–Kier alpha value is -0.0400. The van der Waals surface area contributed by atoms with Gasteiger partial charge >= 0.3 is 0 Å². The molecule has 0 aromatic rings. The second-order valence-electron chi connectivity index (χ2n) is 10.3. The summed E-state index contributed by atoms with van der Waals surface area (Å²) in [5, 5.41) is 0. The van der Waals surface area contributed by atoms with Gasteiger partial charge in [-0.1, -0.05) is 34.6 Å². The molecule has 0 aliphatic heterocycles. The van der Waals surface area contributed by atoms with Crippen LogP contribution in [0.5, 0.6) is 0 Å². The van der Waals surface area contributed by atoms with Gasteiger partial charge in [0.2, 0.25) is 0 Å². The van der Waals surface area contributed by atoms with Crippen molar-refractivity contribution in [1.29, 1.82) is 0 Å². The first-order chi connectivity index (χ1) is 10.2. The van der Waals surface area contributed by atoms with E-state index in [-0.39, 0.29) is 0 Å². The van der Waals surface area contributed by atoms with Gasteiger partial charge in [-0.25, -0.2) is 0 Å². The van der Waals surface area contributed by atoms with Crippen LogP contribution in [0.25, 0.3) is 0 Å². The fraction of sp³-hybridized carbons (Fsp3) is 1.00. The molecule has 0 unspecified atom stereocenters. The minimum absolute atomic E-state index is 0.528. The van der Waals surface area contributed by atoms with E-state index in [1.165, 1.54) is 64.3 Å². The van der Waals surface area contributed by atoms with Crippen molar-refractivity contribution in [1.82, 2.24) is 4.90 Å². The molecular formula is C21H41N. The number of hydrogen-bond donors (Lipinski definition) is 0. The SMILES string of the molecule is CC(C)CCCN(C)C1CCC2(CC1)CC(CC(C)(C)C)C2. The van der Waals surface area contributed by atoms with E-state index in [4.69, 9.17) is 0 Å². The summed E-state index contributed by atoms with van der Waals surface area (Å²) in [7, 11) is 2.37. The highest BCUT2D eigenvalue weighted by atomic mass is 15.1. The van der Waals surface area contributed by atoms with Gasteiger partial charge in [-0.15, -0.1) is 0 Å². The molecule has 0 amide bonds. The van der Waals surface area contributed by atoms with Crippen LogP contribution in [-0.4, -0.2) is 24.5 Å². The highest BCUT2D eigenvalue weighted by Gasteiger charge is 2.46. The zero-order valence-corrected chi connectivity index (χ0v) is 16.3. The third-order valence-electron chi connectivity index (χ3n) is 6.28. The second-order valence-corrected chi connectivity index (χ2v) is 10.3. The fourth-order valence-corrected chi connectivity index (χ4v) is 5.17. The summed E-state index contributed by atoms with van der Waals surface area (Å²) < 4.78 is 0. The first-order valence-corrected chi connectivity index (χ1v) is 9.89. The zero-order valence-electron chi connectivity index (χ0n) is 16.3. The molecule has 130 valence electrons. The quantitative estimate of drug-likeness (QED) is 0.570. The van der Waals surface area contributed by atoms with Crippen LogP contribution in [0.4, 0.5) is 0 Å². The van der Waals surface area contributed by atoms with E-state index in [9.17, 15) is 0 Å². The van der Waals surface area contributed by atoms with Crippen molar-refractivity contribution in [2.45, 2.75) is 98.4 Å². The van der Waals surface area contributed by atoms with Crippen LogP contribution in [0.15, 0.2) is 0 Å². The molecule has 0 bridgehead atoms. The van der Waals surface area contributed by atoms with Gasteiger partial charge in [0.25, 0.3) is 0 Å². The third-order valence-corrected chi connectivity index (χ3v) is 6.28. The van der Waals surface area contributed by atoms with Crippen LogP contribution < -0.4 is 0 Å². The smallest absolute Gasteiger partial charge is 0.00926 e. The summed E-state index contributed by atoms with van der Waals surface area (Å²) in [5.41, 5.74) is 1.30. The number of nitrogens with zero attached hydrogens (tertiary/aromatic N) is 1. The second kappa shape index (κ2) is 7.24. The fourth-order valence-electron chi connectivity index (χ4n) is 5.17. The van der Waals surface area contributed by atoms with E-state index < -0.39 is 0 Å². The van der Waals surface area contributed by atoms with Crippen molar-refractivity contribution in [2.24, 2.45) is 22.7 Å². The predicted molar refractivity (Wildman–Crippen MR) is 98.2 cm³/mol. The van der Waals surface area contributed by atoms with Crippen LogP contribution in [0.3, 0.4) is 0 Å². The van der Waals surface area contributed by atoms with E-state index in [1.54, 1.807) is 0 Å². The molecular weight excluding hydrogens is 266 g/mol. The van der Waals surface area contributed by atoms with Gasteiger partial charge in [-0.2, -0.15) is 0 Å². The molecule has 1 heteroatoms. The van der Waals surface area contributed by atoms with Gasteiger partial charge in [-0.3, -0.25) is 0 Å². The minimum Gasteiger partial charge on any atom is -0.303 e. The van der Waals surface area contributed by atoms with Crippen LogP contribution >= 0.6 is 0 Å². The van der Waals surface area contributed by atoms with Crippen molar-refractivity contribution in [3.8, 4) is 0 Å². The maximum absolute atomic E-state index is 2.67. The summed E-state index contributed by atoms with van der Waals surface area (Å²) in [6, 6.07) is 0.874. The minimum atomic E-state index is 0.528. The molecule has 2 aliphatic carbocycles. The summed E-state index contributed by atoms with van der Waals surface area (Å²) in [6.45, 7) is 13.2. The molecule has 2 saturated carbocycles. The maximum atomic E-state index is 2.67. The topological polar surface area (TPSA) is 3.24 Å². The summed E-state index contributed by atoms with van der Waals surface area (Å²) in [4.78, 5) is 2.67. The molecule has 0 aromatic heterocycles. The Balaban J connectivity index is 1.66. The van der Waals surface area contributed by atoms with Crippen molar-refractivity contribution in [3.05, 3.63) is 0 Å². The molecule has 0 N–H and O–H groups in total. The lowest BCUT2D eigenvalue weighted by molar-refractivity contribution is -0.0235. The van der Waals surface area contributed by atoms with E-state index in [1.807, 2.05) is 0 Å². The molecule has 2 fully saturated rings. The molecule has 0 aromatic carbocycles. The van der Waals surface area contributed by atoms with Crippen LogP contribution in [0.2, 0.25) is 0 Å². The maximum Gasteiger partial charge on any atom is 0.00926 e. The molecule has 1 spiro atoms. The normalized spacial score (nSPS) is 32.7. The Bertz CT molecular complexity index is 322. The molecule has 2 rings (SSSR count). The lowest BCUT2D eigenvalue weighted by Crippen LogP contribution is -2.45. The number of rotatable bonds is 6. The first kappa shape index (κ1) is 18.3. The highest BCUT2D eigenvalue weighted by Crippen LogP contribution is 2.57. The Morgan fingerprint density at radius 3 is 2.18 bits per heavy atom. The Morgan fingerprint density at radius 2 is 1.68 bits per heavy atom. The predicted octanol–water partition coefficient (Wildman–Crippen LogP) is 6.13. The van der Waals surface area contributed by atoms with E-state index in [0.29, 0.717) is 5.41 Å². The number of hydrogen-bond acceptors (Lipinski definition) is 1. The molecule has 22 heavy (non-hydrogen) atoms. The van der Waals surface area contributed by atoms with Gasteiger partial charge in [0.1, 0.15) is 0 Å². The summed E-state index contributed by atoms with van der Waals surface area (Å²) in [5.74, 6) is 1.89.